The SMILES string of the molecule is CSc1ccc(CN2CCNC(=O)C2)cc1. The van der Waals surface area contributed by atoms with Crippen molar-refractivity contribution in [2.45, 2.75) is 11.4 Å². The summed E-state index contributed by atoms with van der Waals surface area (Å²) >= 11 is 1.75. The van der Waals surface area contributed by atoms with Crippen molar-refractivity contribution in [1.82, 2.24) is 10.2 Å². The quantitative estimate of drug-likeness (QED) is 0.804. The summed E-state index contributed by atoms with van der Waals surface area (Å²) in [5.41, 5.74) is 1.27. The number of carbonyl (C=O) groups is 1. The molecule has 0 saturated carbocycles. The predicted molar refractivity (Wildman–Crippen MR) is 66.5 cm³/mol. The van der Waals surface area contributed by atoms with Crippen molar-refractivity contribution < 1.29 is 4.79 Å². The summed E-state index contributed by atoms with van der Waals surface area (Å²) in [6.45, 7) is 3.09. The topological polar surface area (TPSA) is 32.3 Å². The highest BCUT2D eigenvalue weighted by Crippen LogP contribution is 2.15. The van der Waals surface area contributed by atoms with Crippen LogP contribution in [0.25, 0.3) is 0 Å². The van der Waals surface area contributed by atoms with E-state index < -0.39 is 0 Å². The molecule has 0 bridgehead atoms. The molecule has 86 valence electrons. The Labute approximate surface area is 100 Å². The van der Waals surface area contributed by atoms with Crippen LogP contribution in [-0.4, -0.2) is 36.7 Å². The molecule has 1 aromatic carbocycles. The molecule has 0 atom stereocenters. The van der Waals surface area contributed by atoms with Crippen molar-refractivity contribution in [3.63, 3.8) is 0 Å². The van der Waals surface area contributed by atoms with Gasteiger partial charge in [-0.25, -0.2) is 0 Å². The molecular weight excluding hydrogens is 220 g/mol. The van der Waals surface area contributed by atoms with E-state index in [9.17, 15) is 4.79 Å². The van der Waals surface area contributed by atoms with Gasteiger partial charge in [0, 0.05) is 24.5 Å². The van der Waals surface area contributed by atoms with Crippen molar-refractivity contribution in [3.05, 3.63) is 29.8 Å². The molecule has 1 aliphatic heterocycles. The summed E-state index contributed by atoms with van der Waals surface area (Å²) in [6, 6.07) is 8.53. The van der Waals surface area contributed by atoms with Crippen LogP contribution in [0.4, 0.5) is 0 Å². The monoisotopic (exact) mass is 236 g/mol. The van der Waals surface area contributed by atoms with E-state index in [-0.39, 0.29) is 5.91 Å². The van der Waals surface area contributed by atoms with Crippen molar-refractivity contribution in [1.29, 1.82) is 0 Å². The van der Waals surface area contributed by atoms with Crippen LogP contribution >= 0.6 is 11.8 Å². The molecule has 3 nitrogen and oxygen atoms in total. The average molecular weight is 236 g/mol. The average Bonchev–Trinajstić information content (AvgIpc) is 2.30. The van der Waals surface area contributed by atoms with E-state index in [0.717, 1.165) is 19.6 Å². The molecule has 1 saturated heterocycles. The largest absolute Gasteiger partial charge is 0.354 e. The van der Waals surface area contributed by atoms with E-state index in [4.69, 9.17) is 0 Å². The van der Waals surface area contributed by atoms with Gasteiger partial charge in [-0.1, -0.05) is 12.1 Å². The van der Waals surface area contributed by atoms with Gasteiger partial charge in [-0.15, -0.1) is 11.8 Å². The first-order chi connectivity index (χ1) is 7.78. The molecule has 0 aromatic heterocycles. The number of hydrogen-bond donors (Lipinski definition) is 1. The molecule has 1 amide bonds. The van der Waals surface area contributed by atoms with Crippen LogP contribution in [0.2, 0.25) is 0 Å². The molecule has 1 N–H and O–H groups in total. The third kappa shape index (κ3) is 3.00. The van der Waals surface area contributed by atoms with Crippen molar-refractivity contribution in [2.24, 2.45) is 0 Å². The number of rotatable bonds is 3. The number of nitrogens with one attached hydrogen (secondary N) is 1. The van der Waals surface area contributed by atoms with Crippen LogP contribution in [0.5, 0.6) is 0 Å². The Kier molecular flexibility index (Phi) is 3.85. The van der Waals surface area contributed by atoms with Gasteiger partial charge in [0.05, 0.1) is 6.54 Å². The van der Waals surface area contributed by atoms with Gasteiger partial charge in [0.25, 0.3) is 0 Å². The van der Waals surface area contributed by atoms with E-state index in [0.29, 0.717) is 6.54 Å². The Morgan fingerprint density at radius 2 is 2.12 bits per heavy atom. The number of carbonyl (C=O) groups excluding carboxylic acids is 1. The van der Waals surface area contributed by atoms with Crippen molar-refractivity contribution in [3.8, 4) is 0 Å². The van der Waals surface area contributed by atoms with Gasteiger partial charge >= 0.3 is 0 Å². The molecule has 1 heterocycles. The second kappa shape index (κ2) is 5.37. The zero-order valence-electron chi connectivity index (χ0n) is 9.40. The fourth-order valence-corrected chi connectivity index (χ4v) is 2.22. The van der Waals surface area contributed by atoms with Gasteiger partial charge in [0.2, 0.25) is 5.91 Å². The summed E-state index contributed by atoms with van der Waals surface area (Å²) < 4.78 is 0. The zero-order valence-corrected chi connectivity index (χ0v) is 10.2. The Morgan fingerprint density at radius 3 is 2.75 bits per heavy atom. The van der Waals surface area contributed by atoms with Crippen LogP contribution < -0.4 is 5.32 Å². The lowest BCUT2D eigenvalue weighted by atomic mass is 10.2. The Bertz CT molecular complexity index is 364. The minimum Gasteiger partial charge on any atom is -0.354 e. The van der Waals surface area contributed by atoms with E-state index >= 15 is 0 Å². The van der Waals surface area contributed by atoms with Gasteiger partial charge < -0.3 is 5.32 Å². The van der Waals surface area contributed by atoms with Crippen LogP contribution in [0.1, 0.15) is 5.56 Å². The van der Waals surface area contributed by atoms with Crippen LogP contribution in [0.15, 0.2) is 29.2 Å². The molecule has 2 rings (SSSR count). The molecule has 0 unspecified atom stereocenters. The zero-order chi connectivity index (χ0) is 11.4. The van der Waals surface area contributed by atoms with Crippen molar-refractivity contribution >= 4 is 17.7 Å². The third-order valence-electron chi connectivity index (χ3n) is 2.68. The number of thioether (sulfide) groups is 1. The summed E-state index contributed by atoms with van der Waals surface area (Å²) in [7, 11) is 0. The Balaban J connectivity index is 1.94. The van der Waals surface area contributed by atoms with Gasteiger partial charge in [0.15, 0.2) is 0 Å². The summed E-state index contributed by atoms with van der Waals surface area (Å²) in [5.74, 6) is 0.131. The standard InChI is InChI=1S/C12H16N2OS/c1-16-11-4-2-10(3-5-11)8-14-7-6-13-12(15)9-14/h2-5H,6-9H2,1H3,(H,13,15). The van der Waals surface area contributed by atoms with Crippen molar-refractivity contribution in [2.75, 3.05) is 25.9 Å². The molecule has 16 heavy (non-hydrogen) atoms. The number of amides is 1. The van der Waals surface area contributed by atoms with E-state index in [2.05, 4.69) is 40.7 Å². The summed E-state index contributed by atoms with van der Waals surface area (Å²) in [6.07, 6.45) is 2.07. The second-order valence-electron chi connectivity index (χ2n) is 3.91. The first-order valence-electron chi connectivity index (χ1n) is 5.40. The highest BCUT2D eigenvalue weighted by Gasteiger charge is 2.15. The molecule has 0 radical (unpaired) electrons. The summed E-state index contributed by atoms with van der Waals surface area (Å²) in [4.78, 5) is 14.7. The predicted octanol–water partition coefficient (Wildman–Crippen LogP) is 1.34. The lowest BCUT2D eigenvalue weighted by Crippen LogP contribution is -2.47. The summed E-state index contributed by atoms with van der Waals surface area (Å²) in [5, 5.41) is 2.83. The Hall–Kier alpha value is -1.00. The second-order valence-corrected chi connectivity index (χ2v) is 4.79. The molecule has 1 aliphatic rings. The van der Waals surface area contributed by atoms with Gasteiger partial charge in [-0.05, 0) is 24.0 Å². The molecule has 0 spiro atoms. The van der Waals surface area contributed by atoms with Gasteiger partial charge in [-0.3, -0.25) is 9.69 Å². The number of piperazine rings is 1. The highest BCUT2D eigenvalue weighted by atomic mass is 32.2. The molecule has 1 fully saturated rings. The Morgan fingerprint density at radius 1 is 1.38 bits per heavy atom. The first-order valence-corrected chi connectivity index (χ1v) is 6.62. The maximum Gasteiger partial charge on any atom is 0.234 e. The van der Waals surface area contributed by atoms with E-state index in [1.807, 2.05) is 0 Å². The minimum atomic E-state index is 0.131. The molecule has 0 aliphatic carbocycles. The first kappa shape index (κ1) is 11.5. The van der Waals surface area contributed by atoms with Crippen LogP contribution in [-0.2, 0) is 11.3 Å². The smallest absolute Gasteiger partial charge is 0.234 e. The van der Waals surface area contributed by atoms with Crippen LogP contribution in [0.3, 0.4) is 0 Å². The van der Waals surface area contributed by atoms with Gasteiger partial charge in [0.1, 0.15) is 0 Å². The normalized spacial score (nSPS) is 17.2. The maximum absolute atomic E-state index is 11.2. The number of nitrogens with zero attached hydrogens (tertiary/aromatic N) is 1. The molecule has 4 heteroatoms. The lowest BCUT2D eigenvalue weighted by molar-refractivity contribution is -0.124. The minimum absolute atomic E-state index is 0.131. The fraction of sp³-hybridized carbons (Fsp3) is 0.417. The fourth-order valence-electron chi connectivity index (χ4n) is 1.82. The van der Waals surface area contributed by atoms with E-state index in [1.165, 1.54) is 10.5 Å². The highest BCUT2D eigenvalue weighted by molar-refractivity contribution is 7.98. The number of hydrogen-bond acceptors (Lipinski definition) is 3. The van der Waals surface area contributed by atoms with Crippen LogP contribution in [0, 0.1) is 0 Å². The van der Waals surface area contributed by atoms with E-state index in [1.54, 1.807) is 11.8 Å². The third-order valence-corrected chi connectivity index (χ3v) is 3.43. The molecular formula is C12H16N2OS. The van der Waals surface area contributed by atoms with Gasteiger partial charge in [-0.2, -0.15) is 0 Å². The number of benzene rings is 1. The molecule has 1 aromatic rings. The maximum atomic E-state index is 11.2. The lowest BCUT2D eigenvalue weighted by Gasteiger charge is -2.26.